The lowest BCUT2D eigenvalue weighted by Crippen LogP contribution is -2.43. The highest BCUT2D eigenvalue weighted by Crippen LogP contribution is 2.25. The fourth-order valence-corrected chi connectivity index (χ4v) is 4.12. The van der Waals surface area contributed by atoms with Crippen LogP contribution in [0.3, 0.4) is 0 Å². The molecule has 28 heavy (non-hydrogen) atoms. The van der Waals surface area contributed by atoms with Gasteiger partial charge in [0.25, 0.3) is 0 Å². The smallest absolute Gasteiger partial charge is 0.226 e. The van der Waals surface area contributed by atoms with Crippen LogP contribution in [0.25, 0.3) is 10.6 Å². The maximum atomic E-state index is 12.1. The molecule has 0 radical (unpaired) electrons. The minimum atomic E-state index is -0.183. The van der Waals surface area contributed by atoms with Gasteiger partial charge >= 0.3 is 0 Å². The Morgan fingerprint density at radius 1 is 1.32 bits per heavy atom. The van der Waals surface area contributed by atoms with Gasteiger partial charge in [0, 0.05) is 43.7 Å². The largest absolute Gasteiger partial charge is 0.394 e. The Balaban J connectivity index is 1.60. The quantitative estimate of drug-likeness (QED) is 0.707. The molecule has 1 aliphatic heterocycles. The molecule has 0 saturated carbocycles. The van der Waals surface area contributed by atoms with Crippen LogP contribution in [-0.2, 0) is 17.8 Å². The second-order valence-electron chi connectivity index (χ2n) is 7.46. The Labute approximate surface area is 171 Å². The fraction of sp³-hybridized carbons (Fsp3) is 0.524. The van der Waals surface area contributed by atoms with Crippen molar-refractivity contribution in [3.63, 3.8) is 0 Å². The highest BCUT2D eigenvalue weighted by Gasteiger charge is 2.15. The number of hydrogen-bond acceptors (Lipinski definition) is 6. The third-order valence-electron chi connectivity index (χ3n) is 5.15. The van der Waals surface area contributed by atoms with E-state index in [4.69, 9.17) is 0 Å². The Bertz CT molecular complexity index is 767. The summed E-state index contributed by atoms with van der Waals surface area (Å²) in [6.07, 6.45) is 0.957. The van der Waals surface area contributed by atoms with E-state index in [1.54, 1.807) is 11.3 Å². The van der Waals surface area contributed by atoms with Gasteiger partial charge in [-0.3, -0.25) is 9.69 Å². The second kappa shape index (κ2) is 10.1. The van der Waals surface area contributed by atoms with Crippen LogP contribution >= 0.6 is 11.3 Å². The zero-order chi connectivity index (χ0) is 19.9. The molecule has 152 valence electrons. The number of aliphatic hydroxyl groups excluding tert-OH is 1. The van der Waals surface area contributed by atoms with Crippen molar-refractivity contribution in [2.75, 3.05) is 39.8 Å². The molecule has 1 aromatic heterocycles. The summed E-state index contributed by atoms with van der Waals surface area (Å²) in [5, 5.41) is 14.9. The normalized spacial score (nSPS) is 16.8. The first kappa shape index (κ1) is 20.9. The van der Waals surface area contributed by atoms with Gasteiger partial charge in [-0.15, -0.1) is 11.3 Å². The van der Waals surface area contributed by atoms with Gasteiger partial charge in [0.2, 0.25) is 5.91 Å². The van der Waals surface area contributed by atoms with E-state index in [2.05, 4.69) is 51.4 Å². The highest BCUT2D eigenvalue weighted by atomic mass is 32.1. The summed E-state index contributed by atoms with van der Waals surface area (Å²) in [5.74, 6) is -0.0958. The van der Waals surface area contributed by atoms with Crippen LogP contribution in [0, 0.1) is 0 Å². The van der Waals surface area contributed by atoms with Crippen molar-refractivity contribution in [1.82, 2.24) is 20.1 Å². The lowest BCUT2D eigenvalue weighted by molar-refractivity contribution is -0.121. The molecular formula is C21H30N4O2S. The maximum absolute atomic E-state index is 12.1. The van der Waals surface area contributed by atoms with Gasteiger partial charge in [0.1, 0.15) is 5.01 Å². The predicted molar refractivity (Wildman–Crippen MR) is 113 cm³/mol. The number of carbonyl (C=O) groups excluding carboxylic acids is 1. The second-order valence-corrected chi connectivity index (χ2v) is 8.31. The molecular weight excluding hydrogens is 372 g/mol. The van der Waals surface area contributed by atoms with Crippen LogP contribution in [-0.4, -0.2) is 71.7 Å². The molecule has 0 aliphatic carbocycles. The van der Waals surface area contributed by atoms with Gasteiger partial charge in [-0.1, -0.05) is 25.1 Å². The van der Waals surface area contributed by atoms with Crippen molar-refractivity contribution >= 4 is 17.2 Å². The molecule has 1 saturated heterocycles. The van der Waals surface area contributed by atoms with Gasteiger partial charge in [-0.25, -0.2) is 4.98 Å². The summed E-state index contributed by atoms with van der Waals surface area (Å²) in [6, 6.07) is 8.36. The van der Waals surface area contributed by atoms with Crippen molar-refractivity contribution in [2.45, 2.75) is 32.4 Å². The molecule has 1 aliphatic rings. The Morgan fingerprint density at radius 3 is 2.82 bits per heavy atom. The lowest BCUT2D eigenvalue weighted by atomic mass is 10.1. The number of aliphatic hydroxyl groups is 1. The maximum Gasteiger partial charge on any atom is 0.226 e. The number of nitrogens with one attached hydrogen (secondary N) is 1. The number of likely N-dealkylation sites (N-methyl/N-ethyl adjacent to an activating group) is 1. The van der Waals surface area contributed by atoms with Crippen molar-refractivity contribution in [3.8, 4) is 10.6 Å². The topological polar surface area (TPSA) is 68.7 Å². The average molecular weight is 403 g/mol. The Hall–Kier alpha value is -1.80. The van der Waals surface area contributed by atoms with Gasteiger partial charge in [0.15, 0.2) is 0 Å². The summed E-state index contributed by atoms with van der Waals surface area (Å²) in [4.78, 5) is 21.6. The van der Waals surface area contributed by atoms with Crippen molar-refractivity contribution in [3.05, 3.63) is 40.9 Å². The van der Waals surface area contributed by atoms with Crippen molar-refractivity contribution < 1.29 is 9.90 Å². The monoisotopic (exact) mass is 402 g/mol. The minimum Gasteiger partial charge on any atom is -0.394 e. The highest BCUT2D eigenvalue weighted by molar-refractivity contribution is 7.13. The predicted octanol–water partition coefficient (Wildman–Crippen LogP) is 1.99. The number of amides is 1. The van der Waals surface area contributed by atoms with Crippen LogP contribution in [0.4, 0.5) is 0 Å². The number of hydrogen-bond donors (Lipinski definition) is 2. The first-order chi connectivity index (χ1) is 13.6. The molecule has 1 fully saturated rings. The Kier molecular flexibility index (Phi) is 7.56. The zero-order valence-electron chi connectivity index (χ0n) is 16.7. The summed E-state index contributed by atoms with van der Waals surface area (Å²) < 4.78 is 0. The summed E-state index contributed by atoms with van der Waals surface area (Å²) >= 11 is 1.57. The first-order valence-corrected chi connectivity index (χ1v) is 10.8. The van der Waals surface area contributed by atoms with E-state index in [-0.39, 0.29) is 25.0 Å². The number of nitrogens with zero attached hydrogens (tertiary/aromatic N) is 3. The first-order valence-electron chi connectivity index (χ1n) is 9.92. The summed E-state index contributed by atoms with van der Waals surface area (Å²) in [7, 11) is 2.17. The van der Waals surface area contributed by atoms with E-state index >= 15 is 0 Å². The molecule has 6 nitrogen and oxygen atoms in total. The standard InChI is InChI=1S/C21H30N4O2S/c1-3-18(14-26)22-20(27)12-19-15-28-21(23-19)17-6-4-5-16(11-17)13-25-9-7-24(2)8-10-25/h4-6,11,15,18,26H,3,7-10,12-14H2,1-2H3,(H,22,27). The number of rotatable bonds is 8. The molecule has 2 N–H and O–H groups in total. The fourth-order valence-electron chi connectivity index (χ4n) is 3.31. The van der Waals surface area contributed by atoms with Crippen molar-refractivity contribution in [1.29, 1.82) is 0 Å². The molecule has 2 aromatic rings. The van der Waals surface area contributed by atoms with E-state index in [9.17, 15) is 9.90 Å². The third-order valence-corrected chi connectivity index (χ3v) is 6.09. The van der Waals surface area contributed by atoms with E-state index in [0.29, 0.717) is 6.42 Å². The Morgan fingerprint density at radius 2 is 2.11 bits per heavy atom. The van der Waals surface area contributed by atoms with E-state index in [1.807, 2.05) is 12.3 Å². The molecule has 0 spiro atoms. The molecule has 1 unspecified atom stereocenters. The van der Waals surface area contributed by atoms with Gasteiger partial charge in [-0.05, 0) is 25.1 Å². The molecule has 0 bridgehead atoms. The summed E-state index contributed by atoms with van der Waals surface area (Å²) in [6.45, 7) is 7.30. The van der Waals surface area contributed by atoms with E-state index in [1.165, 1.54) is 5.56 Å². The SMILES string of the molecule is CCC(CO)NC(=O)Cc1csc(-c2cccc(CN3CCN(C)CC3)c2)n1. The van der Waals surface area contributed by atoms with Crippen LogP contribution in [0.15, 0.2) is 29.6 Å². The number of piperazine rings is 1. The third kappa shape index (κ3) is 5.85. The van der Waals surface area contributed by atoms with Crippen molar-refractivity contribution in [2.24, 2.45) is 0 Å². The van der Waals surface area contributed by atoms with Crippen LogP contribution in [0.1, 0.15) is 24.6 Å². The minimum absolute atomic E-state index is 0.0371. The van der Waals surface area contributed by atoms with Crippen LogP contribution in [0.2, 0.25) is 0 Å². The van der Waals surface area contributed by atoms with E-state index in [0.717, 1.165) is 49.0 Å². The number of carbonyl (C=O) groups is 1. The number of thiazole rings is 1. The van der Waals surface area contributed by atoms with Crippen LogP contribution < -0.4 is 5.32 Å². The zero-order valence-corrected chi connectivity index (χ0v) is 17.5. The lowest BCUT2D eigenvalue weighted by Gasteiger charge is -2.32. The molecule has 1 amide bonds. The van der Waals surface area contributed by atoms with E-state index < -0.39 is 0 Å². The molecule has 1 atom stereocenters. The number of benzene rings is 1. The van der Waals surface area contributed by atoms with Crippen LogP contribution in [0.5, 0.6) is 0 Å². The average Bonchev–Trinajstić information content (AvgIpc) is 3.16. The number of aromatic nitrogens is 1. The molecule has 3 rings (SSSR count). The molecule has 7 heteroatoms. The summed E-state index contributed by atoms with van der Waals surface area (Å²) in [5.41, 5.74) is 3.17. The van der Waals surface area contributed by atoms with Gasteiger partial charge in [-0.2, -0.15) is 0 Å². The van der Waals surface area contributed by atoms with Gasteiger partial charge < -0.3 is 15.3 Å². The van der Waals surface area contributed by atoms with Gasteiger partial charge in [0.05, 0.1) is 24.8 Å². The molecule has 2 heterocycles. The molecule has 1 aromatic carbocycles.